The molecule has 2 aromatic rings. The number of aryl methyl sites for hydroxylation is 1. The number of amides is 1. The van der Waals surface area contributed by atoms with Gasteiger partial charge in [-0.3, -0.25) is 4.79 Å². The van der Waals surface area contributed by atoms with Crippen molar-refractivity contribution in [1.29, 1.82) is 0 Å². The molecule has 0 radical (unpaired) electrons. The SMILES string of the molecule is CCn1ccnc1SCC(=O)Nc1ccc(Br)cc1Cl. The van der Waals surface area contributed by atoms with Crippen LogP contribution in [0.1, 0.15) is 6.92 Å². The van der Waals surface area contributed by atoms with Crippen LogP contribution in [0.15, 0.2) is 40.2 Å². The second-order valence-electron chi connectivity index (χ2n) is 3.96. The molecule has 0 saturated heterocycles. The Morgan fingerprint density at radius 2 is 2.35 bits per heavy atom. The van der Waals surface area contributed by atoms with Crippen molar-refractivity contribution < 1.29 is 4.79 Å². The molecule has 1 N–H and O–H groups in total. The zero-order chi connectivity index (χ0) is 14.5. The third-order valence-electron chi connectivity index (χ3n) is 2.56. The van der Waals surface area contributed by atoms with Crippen molar-refractivity contribution in [2.24, 2.45) is 0 Å². The van der Waals surface area contributed by atoms with Gasteiger partial charge in [0, 0.05) is 23.4 Å². The van der Waals surface area contributed by atoms with Gasteiger partial charge in [-0.1, -0.05) is 39.3 Å². The molecule has 106 valence electrons. The summed E-state index contributed by atoms with van der Waals surface area (Å²) in [5, 5.41) is 4.13. The van der Waals surface area contributed by atoms with E-state index in [-0.39, 0.29) is 5.91 Å². The van der Waals surface area contributed by atoms with Crippen molar-refractivity contribution in [3.8, 4) is 0 Å². The second kappa shape index (κ2) is 7.15. The maximum Gasteiger partial charge on any atom is 0.234 e. The Hall–Kier alpha value is -0.980. The lowest BCUT2D eigenvalue weighted by Gasteiger charge is -2.08. The number of thioether (sulfide) groups is 1. The van der Waals surface area contributed by atoms with Gasteiger partial charge in [-0.15, -0.1) is 0 Å². The van der Waals surface area contributed by atoms with Gasteiger partial charge in [-0.05, 0) is 25.1 Å². The van der Waals surface area contributed by atoms with Crippen LogP contribution in [-0.4, -0.2) is 21.2 Å². The molecule has 7 heteroatoms. The minimum absolute atomic E-state index is 0.107. The predicted molar refractivity (Wildman–Crippen MR) is 86.4 cm³/mol. The minimum atomic E-state index is -0.107. The predicted octanol–water partition coefficient (Wildman–Crippen LogP) is 4.05. The standard InChI is InChI=1S/C13H13BrClN3OS/c1-2-18-6-5-16-13(18)20-8-12(19)17-11-4-3-9(14)7-10(11)15/h3-7H,2,8H2,1H3,(H,17,19). The molecule has 0 fully saturated rings. The molecule has 0 atom stereocenters. The average Bonchev–Trinajstić information content (AvgIpc) is 2.87. The molecule has 2 rings (SSSR count). The molecule has 0 aliphatic carbocycles. The molecule has 0 unspecified atom stereocenters. The molecule has 20 heavy (non-hydrogen) atoms. The molecular weight excluding hydrogens is 362 g/mol. The summed E-state index contributed by atoms with van der Waals surface area (Å²) < 4.78 is 2.87. The van der Waals surface area contributed by atoms with Gasteiger partial charge in [0.25, 0.3) is 0 Å². The van der Waals surface area contributed by atoms with E-state index in [1.165, 1.54) is 11.8 Å². The van der Waals surface area contributed by atoms with Crippen LogP contribution in [-0.2, 0) is 11.3 Å². The summed E-state index contributed by atoms with van der Waals surface area (Å²) in [6, 6.07) is 5.34. The Morgan fingerprint density at radius 1 is 1.55 bits per heavy atom. The van der Waals surface area contributed by atoms with Crippen LogP contribution >= 0.6 is 39.3 Å². The van der Waals surface area contributed by atoms with Gasteiger partial charge >= 0.3 is 0 Å². The van der Waals surface area contributed by atoms with E-state index in [1.54, 1.807) is 18.3 Å². The number of imidazole rings is 1. The first-order chi connectivity index (χ1) is 9.60. The van der Waals surface area contributed by atoms with Crippen molar-refractivity contribution in [3.05, 3.63) is 40.1 Å². The highest BCUT2D eigenvalue weighted by atomic mass is 79.9. The van der Waals surface area contributed by atoms with Gasteiger partial charge in [-0.2, -0.15) is 0 Å². The smallest absolute Gasteiger partial charge is 0.234 e. The van der Waals surface area contributed by atoms with E-state index in [0.717, 1.165) is 16.2 Å². The van der Waals surface area contributed by atoms with Crippen molar-refractivity contribution in [2.45, 2.75) is 18.6 Å². The van der Waals surface area contributed by atoms with Gasteiger partial charge in [0.1, 0.15) is 0 Å². The highest BCUT2D eigenvalue weighted by molar-refractivity contribution is 9.10. The summed E-state index contributed by atoms with van der Waals surface area (Å²) >= 11 is 10.8. The maximum absolute atomic E-state index is 11.9. The fourth-order valence-electron chi connectivity index (χ4n) is 1.58. The van der Waals surface area contributed by atoms with E-state index in [9.17, 15) is 4.79 Å². The molecular formula is C13H13BrClN3OS. The zero-order valence-electron chi connectivity index (χ0n) is 10.8. The van der Waals surface area contributed by atoms with Gasteiger partial charge in [0.05, 0.1) is 16.5 Å². The first-order valence-corrected chi connectivity index (χ1v) is 8.14. The molecule has 1 aromatic heterocycles. The molecule has 0 aliphatic rings. The topological polar surface area (TPSA) is 46.9 Å². The summed E-state index contributed by atoms with van der Waals surface area (Å²) in [5.74, 6) is 0.188. The highest BCUT2D eigenvalue weighted by Crippen LogP contribution is 2.26. The van der Waals surface area contributed by atoms with Crippen LogP contribution in [0.4, 0.5) is 5.69 Å². The number of carbonyl (C=O) groups excluding carboxylic acids is 1. The van der Waals surface area contributed by atoms with E-state index in [2.05, 4.69) is 26.2 Å². The van der Waals surface area contributed by atoms with Crippen LogP contribution in [0.25, 0.3) is 0 Å². The Kier molecular flexibility index (Phi) is 5.51. The fraction of sp³-hybridized carbons (Fsp3) is 0.231. The summed E-state index contributed by atoms with van der Waals surface area (Å²) in [7, 11) is 0. The molecule has 0 bridgehead atoms. The number of rotatable bonds is 5. The monoisotopic (exact) mass is 373 g/mol. The minimum Gasteiger partial charge on any atom is -0.326 e. The fourth-order valence-corrected chi connectivity index (χ4v) is 3.13. The number of nitrogens with one attached hydrogen (secondary N) is 1. The number of aromatic nitrogens is 2. The summed E-state index contributed by atoms with van der Waals surface area (Å²) in [5.41, 5.74) is 0.610. The summed E-state index contributed by atoms with van der Waals surface area (Å²) in [6.45, 7) is 2.87. The van der Waals surface area contributed by atoms with E-state index in [0.29, 0.717) is 16.5 Å². The van der Waals surface area contributed by atoms with Crippen LogP contribution in [0.2, 0.25) is 5.02 Å². The summed E-state index contributed by atoms with van der Waals surface area (Å²) in [4.78, 5) is 16.1. The number of hydrogen-bond acceptors (Lipinski definition) is 3. The van der Waals surface area contributed by atoms with Crippen molar-refractivity contribution in [3.63, 3.8) is 0 Å². The van der Waals surface area contributed by atoms with E-state index in [1.807, 2.05) is 23.8 Å². The zero-order valence-corrected chi connectivity index (χ0v) is 13.9. The molecule has 0 spiro atoms. The quantitative estimate of drug-likeness (QED) is 0.803. The van der Waals surface area contributed by atoms with E-state index < -0.39 is 0 Å². The summed E-state index contributed by atoms with van der Waals surface area (Å²) in [6.07, 6.45) is 3.63. The number of carbonyl (C=O) groups is 1. The van der Waals surface area contributed by atoms with Crippen molar-refractivity contribution >= 4 is 50.9 Å². The van der Waals surface area contributed by atoms with Crippen LogP contribution in [0.5, 0.6) is 0 Å². The lowest BCUT2D eigenvalue weighted by molar-refractivity contribution is -0.113. The second-order valence-corrected chi connectivity index (χ2v) is 6.22. The normalized spacial score (nSPS) is 10.6. The van der Waals surface area contributed by atoms with E-state index >= 15 is 0 Å². The number of benzene rings is 1. The Balaban J connectivity index is 1.93. The average molecular weight is 375 g/mol. The Labute approximate surface area is 135 Å². The third kappa shape index (κ3) is 4.01. The molecule has 1 heterocycles. The van der Waals surface area contributed by atoms with Crippen LogP contribution < -0.4 is 5.32 Å². The lowest BCUT2D eigenvalue weighted by Crippen LogP contribution is -2.14. The number of anilines is 1. The molecule has 4 nitrogen and oxygen atoms in total. The highest BCUT2D eigenvalue weighted by Gasteiger charge is 2.09. The molecule has 1 aromatic carbocycles. The van der Waals surface area contributed by atoms with Gasteiger partial charge in [0.2, 0.25) is 5.91 Å². The van der Waals surface area contributed by atoms with Crippen LogP contribution in [0.3, 0.4) is 0 Å². The molecule has 0 saturated carbocycles. The largest absolute Gasteiger partial charge is 0.326 e. The number of hydrogen-bond donors (Lipinski definition) is 1. The Morgan fingerprint density at radius 3 is 3.05 bits per heavy atom. The first kappa shape index (κ1) is 15.4. The maximum atomic E-state index is 11.9. The lowest BCUT2D eigenvalue weighted by atomic mass is 10.3. The van der Waals surface area contributed by atoms with Gasteiger partial charge in [-0.25, -0.2) is 4.98 Å². The van der Waals surface area contributed by atoms with Gasteiger partial charge < -0.3 is 9.88 Å². The Bertz CT molecular complexity index is 617. The first-order valence-electron chi connectivity index (χ1n) is 5.99. The molecule has 1 amide bonds. The van der Waals surface area contributed by atoms with Crippen molar-refractivity contribution in [2.75, 3.05) is 11.1 Å². The molecule has 0 aliphatic heterocycles. The van der Waals surface area contributed by atoms with Crippen LogP contribution in [0, 0.1) is 0 Å². The number of halogens is 2. The van der Waals surface area contributed by atoms with Gasteiger partial charge in [0.15, 0.2) is 5.16 Å². The third-order valence-corrected chi connectivity index (χ3v) is 4.37. The van der Waals surface area contributed by atoms with E-state index in [4.69, 9.17) is 11.6 Å². The number of nitrogens with zero attached hydrogens (tertiary/aromatic N) is 2. The van der Waals surface area contributed by atoms with Crippen molar-refractivity contribution in [1.82, 2.24) is 9.55 Å².